The van der Waals surface area contributed by atoms with Crippen molar-refractivity contribution in [3.63, 3.8) is 0 Å². The van der Waals surface area contributed by atoms with Gasteiger partial charge < -0.3 is 10.6 Å². The molecule has 1 aliphatic rings. The zero-order chi connectivity index (χ0) is 12.2. The fourth-order valence-corrected chi connectivity index (χ4v) is 1.82. The Bertz CT molecular complexity index is 242. The van der Waals surface area contributed by atoms with E-state index in [1.807, 2.05) is 0 Å². The van der Waals surface area contributed by atoms with Crippen molar-refractivity contribution in [1.29, 1.82) is 0 Å². The van der Waals surface area contributed by atoms with Crippen molar-refractivity contribution in [1.82, 2.24) is 10.6 Å². The van der Waals surface area contributed by atoms with E-state index < -0.39 is 18.9 Å². The fourth-order valence-electron chi connectivity index (χ4n) is 1.58. The summed E-state index contributed by atoms with van der Waals surface area (Å²) in [4.78, 5) is 0. The predicted molar refractivity (Wildman–Crippen MR) is 56.9 cm³/mol. The van der Waals surface area contributed by atoms with Gasteiger partial charge in [0.2, 0.25) is 0 Å². The molecular weight excluding hydrogens is 244 g/mol. The van der Waals surface area contributed by atoms with E-state index in [4.69, 9.17) is 12.2 Å². The Balaban J connectivity index is 2.24. The van der Waals surface area contributed by atoms with Crippen LogP contribution in [0.2, 0.25) is 0 Å². The Morgan fingerprint density at radius 1 is 1.31 bits per heavy atom. The molecule has 0 amide bonds. The third-order valence-corrected chi connectivity index (χ3v) is 2.76. The van der Waals surface area contributed by atoms with E-state index in [1.54, 1.807) is 0 Å². The topological polar surface area (TPSA) is 24.1 Å². The summed E-state index contributed by atoms with van der Waals surface area (Å²) in [5, 5.41) is 4.97. The van der Waals surface area contributed by atoms with Crippen LogP contribution in [0.1, 0.15) is 25.7 Å². The van der Waals surface area contributed by atoms with Crippen molar-refractivity contribution in [3.8, 4) is 0 Å². The van der Waals surface area contributed by atoms with Gasteiger partial charge in [0.05, 0.1) is 6.54 Å². The molecule has 2 nitrogen and oxygen atoms in total. The van der Waals surface area contributed by atoms with Gasteiger partial charge in [0.25, 0.3) is 0 Å². The second-order valence-corrected chi connectivity index (χ2v) is 4.28. The summed E-state index contributed by atoms with van der Waals surface area (Å²) in [7, 11) is 0. The molecule has 0 radical (unpaired) electrons. The molecule has 0 bridgehead atoms. The number of hydrogen-bond acceptors (Lipinski definition) is 1. The van der Waals surface area contributed by atoms with Gasteiger partial charge in [0, 0.05) is 6.04 Å². The minimum absolute atomic E-state index is 0.0206. The Morgan fingerprint density at radius 3 is 2.38 bits per heavy atom. The van der Waals surface area contributed by atoms with Crippen molar-refractivity contribution in [2.75, 3.05) is 6.54 Å². The molecule has 0 aliphatic heterocycles. The highest BCUT2D eigenvalue weighted by Gasteiger charge is 2.40. The van der Waals surface area contributed by atoms with Gasteiger partial charge in [-0.2, -0.15) is 8.78 Å². The maximum absolute atomic E-state index is 12.5. The zero-order valence-electron chi connectivity index (χ0n) is 8.61. The van der Waals surface area contributed by atoms with Crippen LogP contribution in [-0.4, -0.2) is 30.0 Å². The van der Waals surface area contributed by atoms with Crippen LogP contribution in [0, 0.1) is 0 Å². The molecule has 0 spiro atoms. The number of alkyl halides is 4. The van der Waals surface area contributed by atoms with Gasteiger partial charge >= 0.3 is 12.3 Å². The van der Waals surface area contributed by atoms with Crippen molar-refractivity contribution >= 4 is 17.3 Å². The quantitative estimate of drug-likeness (QED) is 0.597. The third-order valence-electron chi connectivity index (χ3n) is 2.49. The molecule has 0 heterocycles. The van der Waals surface area contributed by atoms with Crippen LogP contribution >= 0.6 is 12.2 Å². The lowest BCUT2D eigenvalue weighted by atomic mass is 10.2. The normalized spacial score (nSPS) is 17.8. The number of halogens is 4. The van der Waals surface area contributed by atoms with Crippen molar-refractivity contribution < 1.29 is 17.6 Å². The van der Waals surface area contributed by atoms with Crippen LogP contribution in [0.4, 0.5) is 17.6 Å². The van der Waals surface area contributed by atoms with Gasteiger partial charge in [-0.1, -0.05) is 12.8 Å². The summed E-state index contributed by atoms with van der Waals surface area (Å²) in [6.07, 6.45) is 0.357. The molecule has 0 aromatic heterocycles. The first-order valence-corrected chi connectivity index (χ1v) is 5.53. The van der Waals surface area contributed by atoms with E-state index in [9.17, 15) is 17.6 Å². The maximum atomic E-state index is 12.5. The molecule has 16 heavy (non-hydrogen) atoms. The van der Waals surface area contributed by atoms with Crippen LogP contribution in [0.5, 0.6) is 0 Å². The largest absolute Gasteiger partial charge is 0.360 e. The Morgan fingerprint density at radius 2 is 1.88 bits per heavy atom. The number of thiocarbonyl (C=S) groups is 1. The smallest absolute Gasteiger partial charge is 0.324 e. The van der Waals surface area contributed by atoms with Gasteiger partial charge in [-0.15, -0.1) is 0 Å². The highest BCUT2D eigenvalue weighted by molar-refractivity contribution is 7.80. The third kappa shape index (κ3) is 4.11. The van der Waals surface area contributed by atoms with Crippen molar-refractivity contribution in [3.05, 3.63) is 0 Å². The monoisotopic (exact) mass is 258 g/mol. The van der Waals surface area contributed by atoms with Crippen LogP contribution < -0.4 is 10.6 Å². The summed E-state index contributed by atoms with van der Waals surface area (Å²) in [5.74, 6) is -4.04. The van der Waals surface area contributed by atoms with Crippen LogP contribution in [0.25, 0.3) is 0 Å². The number of hydrogen-bond donors (Lipinski definition) is 2. The summed E-state index contributed by atoms with van der Waals surface area (Å²) < 4.78 is 48.7. The van der Waals surface area contributed by atoms with Gasteiger partial charge in [-0.25, -0.2) is 8.78 Å². The first kappa shape index (κ1) is 13.5. The first-order chi connectivity index (χ1) is 7.42. The lowest BCUT2D eigenvalue weighted by Crippen LogP contribution is -2.47. The van der Waals surface area contributed by atoms with Crippen LogP contribution in [0.3, 0.4) is 0 Å². The second-order valence-electron chi connectivity index (χ2n) is 3.87. The lowest BCUT2D eigenvalue weighted by molar-refractivity contribution is -0.122. The summed E-state index contributed by atoms with van der Waals surface area (Å²) in [5.41, 5.74) is 0. The molecule has 0 saturated heterocycles. The van der Waals surface area contributed by atoms with Crippen molar-refractivity contribution in [2.24, 2.45) is 0 Å². The molecular formula is C9H14F4N2S. The molecule has 94 valence electrons. The van der Waals surface area contributed by atoms with Crippen LogP contribution in [0.15, 0.2) is 0 Å². The summed E-state index contributed by atoms with van der Waals surface area (Å²) >= 11 is 4.74. The molecule has 1 saturated carbocycles. The minimum atomic E-state index is -4.04. The molecule has 7 heteroatoms. The van der Waals surface area contributed by atoms with Crippen molar-refractivity contribution in [2.45, 2.75) is 44.1 Å². The van der Waals surface area contributed by atoms with Gasteiger partial charge in [0.1, 0.15) is 0 Å². The average molecular weight is 258 g/mol. The lowest BCUT2D eigenvalue weighted by Gasteiger charge is -2.19. The van der Waals surface area contributed by atoms with E-state index >= 15 is 0 Å². The van der Waals surface area contributed by atoms with E-state index in [0.717, 1.165) is 25.7 Å². The highest BCUT2D eigenvalue weighted by Crippen LogP contribution is 2.21. The van der Waals surface area contributed by atoms with Crippen LogP contribution in [-0.2, 0) is 0 Å². The molecule has 1 aliphatic carbocycles. The molecule has 2 N–H and O–H groups in total. The fraction of sp³-hybridized carbons (Fsp3) is 0.889. The van der Waals surface area contributed by atoms with Gasteiger partial charge in [-0.05, 0) is 25.1 Å². The molecule has 1 fully saturated rings. The number of nitrogens with one attached hydrogen (secondary N) is 2. The summed E-state index contributed by atoms with van der Waals surface area (Å²) in [6.45, 7) is -1.14. The second kappa shape index (κ2) is 5.65. The van der Waals surface area contributed by atoms with E-state index in [1.165, 1.54) is 0 Å². The molecule has 0 unspecified atom stereocenters. The molecule has 1 rings (SSSR count). The standard InChI is InChI=1S/C9H14F4N2S/c10-7(11)9(12,13)5-14-8(16)15-6-3-1-2-4-6/h6-7H,1-5H2,(H2,14,15,16). The van der Waals surface area contributed by atoms with Gasteiger partial charge in [-0.3, -0.25) is 0 Å². The zero-order valence-corrected chi connectivity index (χ0v) is 9.43. The average Bonchev–Trinajstić information content (AvgIpc) is 2.67. The van der Waals surface area contributed by atoms with E-state index in [0.29, 0.717) is 0 Å². The van der Waals surface area contributed by atoms with Gasteiger partial charge in [0.15, 0.2) is 5.11 Å². The molecule has 0 aromatic rings. The molecule has 0 atom stereocenters. The Hall–Kier alpha value is -0.590. The van der Waals surface area contributed by atoms with E-state index in [2.05, 4.69) is 10.6 Å². The molecule has 0 aromatic carbocycles. The predicted octanol–water partition coefficient (Wildman–Crippen LogP) is 2.29. The van der Waals surface area contributed by atoms with E-state index in [-0.39, 0.29) is 11.2 Å². The highest BCUT2D eigenvalue weighted by atomic mass is 32.1. The minimum Gasteiger partial charge on any atom is -0.360 e. The SMILES string of the molecule is FC(F)C(F)(F)CNC(=S)NC1CCCC1. The number of rotatable bonds is 4. The maximum Gasteiger partial charge on any atom is 0.324 e. The summed E-state index contributed by atoms with van der Waals surface area (Å²) in [6, 6.07) is 0.181. The Kier molecular flexibility index (Phi) is 4.76. The Labute approximate surface area is 96.8 Å². The first-order valence-electron chi connectivity index (χ1n) is 5.12.